The van der Waals surface area contributed by atoms with Crippen molar-refractivity contribution in [2.24, 2.45) is 5.92 Å². The number of para-hydroxylation sites is 1. The molecule has 0 aromatic heterocycles. The molecular formula is C20H30N2O3. The number of nitrogens with one attached hydrogen (secondary N) is 1. The summed E-state index contributed by atoms with van der Waals surface area (Å²) in [7, 11) is 0. The van der Waals surface area contributed by atoms with Gasteiger partial charge in [0.15, 0.2) is 0 Å². The highest BCUT2D eigenvalue weighted by Gasteiger charge is 2.27. The number of nitrogens with zero attached hydrogens (tertiary/aromatic N) is 1. The number of carbonyl (C=O) groups is 2. The number of likely N-dealkylation sites (tertiary alicyclic amines) is 1. The number of hydrogen-bond acceptors (Lipinski definition) is 4. The van der Waals surface area contributed by atoms with Crippen LogP contribution in [0.15, 0.2) is 18.2 Å². The summed E-state index contributed by atoms with van der Waals surface area (Å²) in [6.07, 6.45) is 3.54. The van der Waals surface area contributed by atoms with Crippen molar-refractivity contribution in [1.29, 1.82) is 0 Å². The van der Waals surface area contributed by atoms with Crippen LogP contribution in [0.25, 0.3) is 0 Å². The van der Waals surface area contributed by atoms with Crippen molar-refractivity contribution < 1.29 is 14.3 Å². The Balaban J connectivity index is 1.97. The van der Waals surface area contributed by atoms with E-state index in [9.17, 15) is 9.59 Å². The highest BCUT2D eigenvalue weighted by molar-refractivity contribution is 5.94. The smallest absolute Gasteiger partial charge is 0.310 e. The summed E-state index contributed by atoms with van der Waals surface area (Å²) in [6, 6.07) is 6.17. The van der Waals surface area contributed by atoms with E-state index in [1.807, 2.05) is 13.0 Å². The van der Waals surface area contributed by atoms with Gasteiger partial charge in [-0.25, -0.2) is 0 Å². The van der Waals surface area contributed by atoms with Crippen LogP contribution in [-0.2, 0) is 27.2 Å². The van der Waals surface area contributed by atoms with Gasteiger partial charge in [-0.2, -0.15) is 0 Å². The number of benzene rings is 1. The van der Waals surface area contributed by atoms with Crippen LogP contribution in [0.4, 0.5) is 5.69 Å². The molecule has 1 N–H and O–H groups in total. The molecule has 0 saturated carbocycles. The summed E-state index contributed by atoms with van der Waals surface area (Å²) < 4.78 is 5.12. The number of amides is 1. The second-order valence-electron chi connectivity index (χ2n) is 6.53. The van der Waals surface area contributed by atoms with E-state index in [4.69, 9.17) is 4.74 Å². The zero-order valence-corrected chi connectivity index (χ0v) is 15.6. The minimum Gasteiger partial charge on any atom is -0.466 e. The Labute approximate surface area is 150 Å². The largest absolute Gasteiger partial charge is 0.466 e. The highest BCUT2D eigenvalue weighted by atomic mass is 16.5. The molecule has 0 unspecified atom stereocenters. The van der Waals surface area contributed by atoms with Gasteiger partial charge >= 0.3 is 5.97 Å². The molecule has 0 bridgehead atoms. The SMILES string of the molecule is CCOC(=O)[C@H]1CCCN(CC(=O)Nc2c(CC)cccc2CC)C1. The van der Waals surface area contributed by atoms with Gasteiger partial charge in [0.1, 0.15) is 0 Å². The van der Waals surface area contributed by atoms with Crippen molar-refractivity contribution in [3.05, 3.63) is 29.3 Å². The number of esters is 1. The summed E-state index contributed by atoms with van der Waals surface area (Å²) in [5.41, 5.74) is 3.28. The van der Waals surface area contributed by atoms with Crippen molar-refractivity contribution in [2.75, 3.05) is 31.6 Å². The number of hydrogen-bond donors (Lipinski definition) is 1. The molecule has 1 aromatic rings. The maximum absolute atomic E-state index is 12.6. The lowest BCUT2D eigenvalue weighted by molar-refractivity contribution is -0.150. The molecule has 5 nitrogen and oxygen atoms in total. The molecule has 1 fully saturated rings. The Hall–Kier alpha value is -1.88. The summed E-state index contributed by atoms with van der Waals surface area (Å²) >= 11 is 0. The van der Waals surface area contributed by atoms with Crippen LogP contribution in [0.5, 0.6) is 0 Å². The average Bonchev–Trinajstić information content (AvgIpc) is 2.62. The van der Waals surface area contributed by atoms with Crippen LogP contribution in [0.2, 0.25) is 0 Å². The first-order valence-corrected chi connectivity index (χ1v) is 9.38. The van der Waals surface area contributed by atoms with E-state index in [0.29, 0.717) is 19.7 Å². The van der Waals surface area contributed by atoms with E-state index in [-0.39, 0.29) is 17.8 Å². The van der Waals surface area contributed by atoms with Crippen LogP contribution in [0.1, 0.15) is 44.7 Å². The van der Waals surface area contributed by atoms with Crippen molar-refractivity contribution >= 4 is 17.6 Å². The molecular weight excluding hydrogens is 316 g/mol. The molecule has 138 valence electrons. The molecule has 1 amide bonds. The van der Waals surface area contributed by atoms with Gasteiger partial charge in [0, 0.05) is 12.2 Å². The molecule has 1 saturated heterocycles. The zero-order chi connectivity index (χ0) is 18.2. The first-order valence-electron chi connectivity index (χ1n) is 9.38. The van der Waals surface area contributed by atoms with Gasteiger partial charge in [-0.15, -0.1) is 0 Å². The Bertz CT molecular complexity index is 578. The van der Waals surface area contributed by atoms with Crippen LogP contribution in [0.3, 0.4) is 0 Å². The van der Waals surface area contributed by atoms with Crippen molar-refractivity contribution in [2.45, 2.75) is 46.5 Å². The molecule has 25 heavy (non-hydrogen) atoms. The maximum atomic E-state index is 12.6. The normalized spacial score (nSPS) is 18.0. The predicted molar refractivity (Wildman–Crippen MR) is 99.6 cm³/mol. The lowest BCUT2D eigenvalue weighted by atomic mass is 9.98. The van der Waals surface area contributed by atoms with Crippen LogP contribution >= 0.6 is 0 Å². The van der Waals surface area contributed by atoms with Crippen molar-refractivity contribution in [1.82, 2.24) is 4.90 Å². The van der Waals surface area contributed by atoms with Gasteiger partial charge in [-0.05, 0) is 50.3 Å². The summed E-state index contributed by atoms with van der Waals surface area (Å²) in [4.78, 5) is 26.5. The Morgan fingerprint density at radius 1 is 1.20 bits per heavy atom. The summed E-state index contributed by atoms with van der Waals surface area (Å²) in [6.45, 7) is 8.18. The number of aryl methyl sites for hydroxylation is 2. The predicted octanol–water partition coefficient (Wildman–Crippen LogP) is 3.03. The maximum Gasteiger partial charge on any atom is 0.310 e. The molecule has 1 aromatic carbocycles. The fraction of sp³-hybridized carbons (Fsp3) is 0.600. The van der Waals surface area contributed by atoms with Crippen molar-refractivity contribution in [3.8, 4) is 0 Å². The summed E-state index contributed by atoms with van der Waals surface area (Å²) in [5.74, 6) is -0.270. The molecule has 0 spiro atoms. The Morgan fingerprint density at radius 3 is 2.48 bits per heavy atom. The van der Waals surface area contributed by atoms with E-state index < -0.39 is 0 Å². The molecule has 5 heteroatoms. The van der Waals surface area contributed by atoms with Gasteiger partial charge in [0.2, 0.25) is 5.91 Å². The number of piperidine rings is 1. The number of carbonyl (C=O) groups excluding carboxylic acids is 2. The third-order valence-electron chi connectivity index (χ3n) is 4.76. The van der Waals surface area contributed by atoms with E-state index in [1.54, 1.807) is 0 Å². The van der Waals surface area contributed by atoms with Gasteiger partial charge in [0.05, 0.1) is 19.1 Å². The van der Waals surface area contributed by atoms with Crippen LogP contribution < -0.4 is 5.32 Å². The lowest BCUT2D eigenvalue weighted by Crippen LogP contribution is -2.43. The van der Waals surface area contributed by atoms with E-state index >= 15 is 0 Å². The highest BCUT2D eigenvalue weighted by Crippen LogP contribution is 2.23. The molecule has 1 atom stereocenters. The lowest BCUT2D eigenvalue weighted by Gasteiger charge is -2.31. The summed E-state index contributed by atoms with van der Waals surface area (Å²) in [5, 5.41) is 3.10. The van der Waals surface area contributed by atoms with Gasteiger partial charge in [-0.3, -0.25) is 14.5 Å². The molecule has 2 rings (SSSR count). The Morgan fingerprint density at radius 2 is 1.88 bits per heavy atom. The molecule has 0 radical (unpaired) electrons. The van der Waals surface area contributed by atoms with Crippen molar-refractivity contribution in [3.63, 3.8) is 0 Å². The zero-order valence-electron chi connectivity index (χ0n) is 15.6. The molecule has 1 aliphatic heterocycles. The average molecular weight is 346 g/mol. The first kappa shape index (κ1) is 19.4. The fourth-order valence-electron chi connectivity index (χ4n) is 3.44. The molecule has 1 aliphatic rings. The van der Waals surface area contributed by atoms with E-state index in [1.165, 1.54) is 0 Å². The third-order valence-corrected chi connectivity index (χ3v) is 4.76. The van der Waals surface area contributed by atoms with Crippen LogP contribution in [-0.4, -0.2) is 43.0 Å². The van der Waals surface area contributed by atoms with E-state index in [0.717, 1.165) is 49.0 Å². The quantitative estimate of drug-likeness (QED) is 0.771. The number of ether oxygens (including phenoxy) is 1. The second-order valence-corrected chi connectivity index (χ2v) is 6.53. The monoisotopic (exact) mass is 346 g/mol. The first-order chi connectivity index (χ1) is 12.1. The molecule has 1 heterocycles. The number of rotatable bonds is 7. The topological polar surface area (TPSA) is 58.6 Å². The minimum absolute atomic E-state index is 0.0138. The third kappa shape index (κ3) is 5.30. The number of anilines is 1. The second kappa shape index (κ2) is 9.56. The van der Waals surface area contributed by atoms with Gasteiger partial charge in [-0.1, -0.05) is 32.0 Å². The van der Waals surface area contributed by atoms with Crippen LogP contribution in [0, 0.1) is 5.92 Å². The van der Waals surface area contributed by atoms with Gasteiger partial charge in [0.25, 0.3) is 0 Å². The minimum atomic E-state index is -0.141. The Kier molecular flexibility index (Phi) is 7.44. The van der Waals surface area contributed by atoms with E-state index in [2.05, 4.69) is 36.2 Å². The fourth-order valence-corrected chi connectivity index (χ4v) is 3.44. The standard InChI is InChI=1S/C20H30N2O3/c1-4-15-9-7-10-16(5-2)19(15)21-18(23)14-22-12-8-11-17(13-22)20(24)25-6-3/h7,9-10,17H,4-6,8,11-14H2,1-3H3,(H,21,23)/t17-/m0/s1. The van der Waals surface area contributed by atoms with Gasteiger partial charge < -0.3 is 10.1 Å². The molecule has 0 aliphatic carbocycles.